The Morgan fingerprint density at radius 3 is 3.17 bits per heavy atom. The molecule has 0 bridgehead atoms. The summed E-state index contributed by atoms with van der Waals surface area (Å²) in [5.41, 5.74) is 8.24. The van der Waals surface area contributed by atoms with Crippen LogP contribution in [0.15, 0.2) is 18.2 Å². The predicted molar refractivity (Wildman–Crippen MR) is 45.8 cm³/mol. The van der Waals surface area contributed by atoms with Crippen LogP contribution in [-0.4, -0.2) is 12.6 Å². The summed E-state index contributed by atoms with van der Waals surface area (Å²) in [5, 5.41) is 9.26. The summed E-state index contributed by atoms with van der Waals surface area (Å²) in [4.78, 5) is 0. The summed E-state index contributed by atoms with van der Waals surface area (Å²) in [6.45, 7) is 0.511. The molecule has 1 aliphatic heterocycles. The molecule has 1 radical (unpaired) electrons. The molecule has 0 aliphatic carbocycles. The lowest BCUT2D eigenvalue weighted by atomic mass is 9.86. The topological polar surface area (TPSA) is 55.5 Å². The van der Waals surface area contributed by atoms with E-state index in [0.717, 1.165) is 16.6 Å². The number of hydrogen-bond acceptors (Lipinski definition) is 3. The molecule has 3 nitrogen and oxygen atoms in total. The number of fused-ring (bicyclic) bond motifs is 1. The van der Waals surface area contributed by atoms with Gasteiger partial charge in [0, 0.05) is 12.1 Å². The van der Waals surface area contributed by atoms with Gasteiger partial charge in [0.05, 0.1) is 0 Å². The van der Waals surface area contributed by atoms with Crippen molar-refractivity contribution in [3.05, 3.63) is 29.3 Å². The molecule has 1 aliphatic rings. The molecule has 2 rings (SSSR count). The van der Waals surface area contributed by atoms with Crippen molar-refractivity contribution in [3.63, 3.8) is 0 Å². The van der Waals surface area contributed by atoms with Gasteiger partial charge in [0.2, 0.25) is 0 Å². The lowest BCUT2D eigenvalue weighted by Gasteiger charge is -2.03. The standard InChI is InChI=1S/C8H9BNO2/c10-4-5-1-2-6-7(3-5)9-12-8(6)11/h1-3,8,11H,4,10H2. The Balaban J connectivity index is 2.41. The lowest BCUT2D eigenvalue weighted by Crippen LogP contribution is -2.13. The van der Waals surface area contributed by atoms with Crippen LogP contribution in [0.4, 0.5) is 0 Å². The van der Waals surface area contributed by atoms with Crippen molar-refractivity contribution < 1.29 is 9.76 Å². The number of aliphatic hydroxyl groups is 1. The largest absolute Gasteiger partial charge is 0.407 e. The van der Waals surface area contributed by atoms with Gasteiger partial charge in [0.25, 0.3) is 0 Å². The first kappa shape index (κ1) is 7.80. The van der Waals surface area contributed by atoms with Crippen molar-refractivity contribution >= 4 is 12.9 Å². The minimum Gasteiger partial charge on any atom is -0.407 e. The summed E-state index contributed by atoms with van der Waals surface area (Å²) >= 11 is 0. The third-order valence-corrected chi connectivity index (χ3v) is 1.98. The molecule has 61 valence electrons. The Hall–Kier alpha value is -0.835. The van der Waals surface area contributed by atoms with Crippen LogP contribution in [0.3, 0.4) is 0 Å². The van der Waals surface area contributed by atoms with E-state index in [4.69, 9.17) is 10.4 Å². The van der Waals surface area contributed by atoms with Gasteiger partial charge in [-0.15, -0.1) is 0 Å². The van der Waals surface area contributed by atoms with Crippen LogP contribution in [0, 0.1) is 0 Å². The van der Waals surface area contributed by atoms with Gasteiger partial charge in [-0.2, -0.15) is 0 Å². The van der Waals surface area contributed by atoms with Crippen LogP contribution in [0.5, 0.6) is 0 Å². The third kappa shape index (κ3) is 1.14. The molecule has 0 saturated heterocycles. The minimum absolute atomic E-state index is 0.511. The van der Waals surface area contributed by atoms with E-state index in [1.54, 1.807) is 7.48 Å². The van der Waals surface area contributed by atoms with E-state index in [9.17, 15) is 5.11 Å². The van der Waals surface area contributed by atoms with Crippen molar-refractivity contribution in [3.8, 4) is 0 Å². The summed E-state index contributed by atoms with van der Waals surface area (Å²) in [6.07, 6.45) is -0.799. The maximum atomic E-state index is 9.26. The zero-order chi connectivity index (χ0) is 8.55. The Labute approximate surface area is 71.4 Å². The quantitative estimate of drug-likeness (QED) is 0.542. The fraction of sp³-hybridized carbons (Fsp3) is 0.250. The molecular weight excluding hydrogens is 153 g/mol. The van der Waals surface area contributed by atoms with Crippen molar-refractivity contribution in [2.24, 2.45) is 5.73 Å². The maximum absolute atomic E-state index is 9.26. The van der Waals surface area contributed by atoms with Crippen LogP contribution in [0.1, 0.15) is 17.4 Å². The van der Waals surface area contributed by atoms with Crippen LogP contribution in [0.25, 0.3) is 0 Å². The summed E-state index contributed by atoms with van der Waals surface area (Å²) in [5.74, 6) is 0. The lowest BCUT2D eigenvalue weighted by molar-refractivity contribution is -0.00794. The number of nitrogens with two attached hydrogens (primary N) is 1. The van der Waals surface area contributed by atoms with E-state index in [1.165, 1.54) is 0 Å². The van der Waals surface area contributed by atoms with Gasteiger partial charge < -0.3 is 15.5 Å². The molecule has 0 fully saturated rings. The van der Waals surface area contributed by atoms with Crippen LogP contribution < -0.4 is 11.2 Å². The van der Waals surface area contributed by atoms with Gasteiger partial charge in [-0.05, 0) is 11.0 Å². The molecule has 1 atom stereocenters. The zero-order valence-corrected chi connectivity index (χ0v) is 6.53. The highest BCUT2D eigenvalue weighted by Gasteiger charge is 2.21. The average molecular weight is 162 g/mol. The van der Waals surface area contributed by atoms with Crippen molar-refractivity contribution in [1.82, 2.24) is 0 Å². The molecule has 12 heavy (non-hydrogen) atoms. The highest BCUT2D eigenvalue weighted by atomic mass is 16.6. The third-order valence-electron chi connectivity index (χ3n) is 1.98. The van der Waals surface area contributed by atoms with Crippen molar-refractivity contribution in [2.75, 3.05) is 0 Å². The molecule has 1 heterocycles. The highest BCUT2D eigenvalue weighted by molar-refractivity contribution is 6.49. The van der Waals surface area contributed by atoms with E-state index in [2.05, 4.69) is 0 Å². The van der Waals surface area contributed by atoms with E-state index < -0.39 is 6.29 Å². The van der Waals surface area contributed by atoms with Gasteiger partial charge >= 0.3 is 7.48 Å². The summed E-state index contributed by atoms with van der Waals surface area (Å²) < 4.78 is 4.91. The zero-order valence-electron chi connectivity index (χ0n) is 6.53. The fourth-order valence-electron chi connectivity index (χ4n) is 1.29. The molecule has 1 unspecified atom stereocenters. The molecule has 1 aromatic rings. The number of aliphatic hydroxyl groups excluding tert-OH is 1. The first-order valence-corrected chi connectivity index (χ1v) is 3.81. The van der Waals surface area contributed by atoms with E-state index in [1.807, 2.05) is 18.2 Å². The summed E-state index contributed by atoms with van der Waals surface area (Å²) in [7, 11) is 1.55. The Morgan fingerprint density at radius 2 is 2.42 bits per heavy atom. The van der Waals surface area contributed by atoms with E-state index >= 15 is 0 Å². The molecule has 0 saturated carbocycles. The second-order valence-electron chi connectivity index (χ2n) is 2.77. The normalized spacial score (nSPS) is 20.3. The summed E-state index contributed by atoms with van der Waals surface area (Å²) in [6, 6.07) is 5.65. The van der Waals surface area contributed by atoms with Crippen molar-refractivity contribution in [1.29, 1.82) is 0 Å². The number of rotatable bonds is 1. The van der Waals surface area contributed by atoms with Crippen molar-refractivity contribution in [2.45, 2.75) is 12.8 Å². The fourth-order valence-corrected chi connectivity index (χ4v) is 1.29. The van der Waals surface area contributed by atoms with E-state index in [0.29, 0.717) is 6.54 Å². The highest BCUT2D eigenvalue weighted by Crippen LogP contribution is 2.17. The van der Waals surface area contributed by atoms with Gasteiger partial charge in [0.15, 0.2) is 6.29 Å². The van der Waals surface area contributed by atoms with Crippen LogP contribution in [0.2, 0.25) is 0 Å². The molecule has 0 aromatic heterocycles. The van der Waals surface area contributed by atoms with Crippen LogP contribution in [-0.2, 0) is 11.2 Å². The number of benzene rings is 1. The molecule has 0 amide bonds. The van der Waals surface area contributed by atoms with Gasteiger partial charge in [-0.3, -0.25) is 0 Å². The maximum Gasteiger partial charge on any atom is 0.334 e. The SMILES string of the molecule is NCc1ccc2c(c1)[B]OC2O. The molecule has 1 aromatic carbocycles. The monoisotopic (exact) mass is 162 g/mol. The molecule has 4 heteroatoms. The Bertz CT molecular complexity index is 303. The van der Waals surface area contributed by atoms with Crippen LogP contribution >= 0.6 is 0 Å². The van der Waals surface area contributed by atoms with Gasteiger partial charge in [0.1, 0.15) is 0 Å². The smallest absolute Gasteiger partial charge is 0.334 e. The van der Waals surface area contributed by atoms with Gasteiger partial charge in [-0.25, -0.2) is 0 Å². The first-order chi connectivity index (χ1) is 5.81. The minimum atomic E-state index is -0.799. The number of hydrogen-bond donors (Lipinski definition) is 2. The van der Waals surface area contributed by atoms with Gasteiger partial charge in [-0.1, -0.05) is 18.2 Å². The van der Waals surface area contributed by atoms with E-state index in [-0.39, 0.29) is 0 Å². The first-order valence-electron chi connectivity index (χ1n) is 3.81. The molecular formula is C8H9BNO2. The second kappa shape index (κ2) is 2.90. The molecule has 0 spiro atoms. The molecule has 3 N–H and O–H groups in total. The Morgan fingerprint density at radius 1 is 1.58 bits per heavy atom. The second-order valence-corrected chi connectivity index (χ2v) is 2.77. The predicted octanol–water partition coefficient (Wildman–Crippen LogP) is -0.589. The Kier molecular flexibility index (Phi) is 1.88. The average Bonchev–Trinajstić information content (AvgIpc) is 2.47.